The van der Waals surface area contributed by atoms with Crippen molar-refractivity contribution in [3.63, 3.8) is 0 Å². The number of nitrogens with zero attached hydrogens (tertiary/aromatic N) is 5. The number of likely N-dealkylation sites (tertiary alicyclic amines) is 1. The van der Waals surface area contributed by atoms with E-state index < -0.39 is 0 Å². The number of fused-ring (bicyclic) bond motifs is 1. The van der Waals surface area contributed by atoms with Crippen molar-refractivity contribution in [3.8, 4) is 0 Å². The Morgan fingerprint density at radius 1 is 1.19 bits per heavy atom. The van der Waals surface area contributed by atoms with E-state index in [4.69, 9.17) is 9.97 Å². The molecule has 32 heavy (non-hydrogen) atoms. The van der Waals surface area contributed by atoms with Gasteiger partial charge in [0.15, 0.2) is 5.82 Å². The maximum atomic E-state index is 13.6. The average molecular weight is 435 g/mol. The van der Waals surface area contributed by atoms with Crippen LogP contribution in [-0.4, -0.2) is 64.3 Å². The predicted octanol–water partition coefficient (Wildman–Crippen LogP) is 3.29. The van der Waals surface area contributed by atoms with Gasteiger partial charge in [-0.15, -0.1) is 0 Å². The Hall–Kier alpha value is -3.42. The molecule has 8 heteroatoms. The van der Waals surface area contributed by atoms with Gasteiger partial charge in [-0.25, -0.2) is 9.97 Å². The van der Waals surface area contributed by atoms with Crippen molar-refractivity contribution in [2.45, 2.75) is 39.3 Å². The summed E-state index contributed by atoms with van der Waals surface area (Å²) >= 11 is 0. The van der Waals surface area contributed by atoms with Gasteiger partial charge >= 0.3 is 0 Å². The van der Waals surface area contributed by atoms with Gasteiger partial charge in [0.05, 0.1) is 18.3 Å². The molecule has 0 saturated carbocycles. The molecule has 8 nitrogen and oxygen atoms in total. The van der Waals surface area contributed by atoms with E-state index in [1.807, 2.05) is 61.2 Å². The molecule has 3 aromatic rings. The first-order valence-corrected chi connectivity index (χ1v) is 10.9. The summed E-state index contributed by atoms with van der Waals surface area (Å²) in [6.07, 6.45) is 1.71. The first-order valence-electron chi connectivity index (χ1n) is 10.9. The van der Waals surface area contributed by atoms with Crippen molar-refractivity contribution >= 4 is 28.5 Å². The van der Waals surface area contributed by atoms with Crippen molar-refractivity contribution in [1.82, 2.24) is 24.8 Å². The Kier molecular flexibility index (Phi) is 5.86. The summed E-state index contributed by atoms with van der Waals surface area (Å²) in [7, 11) is 5.61. The predicted molar refractivity (Wildman–Crippen MR) is 125 cm³/mol. The van der Waals surface area contributed by atoms with Crippen molar-refractivity contribution in [2.75, 3.05) is 32.6 Å². The monoisotopic (exact) mass is 434 g/mol. The average Bonchev–Trinajstić information content (AvgIpc) is 3.38. The first kappa shape index (κ1) is 21.8. The van der Waals surface area contributed by atoms with Gasteiger partial charge in [0.2, 0.25) is 5.91 Å². The number of aromatic nitrogens is 3. The second-order valence-electron chi connectivity index (χ2n) is 8.67. The number of hydrogen-bond donors (Lipinski definition) is 1. The molecule has 4 rings (SSSR count). The molecule has 1 aromatic carbocycles. The fraction of sp³-hybridized carbons (Fsp3) is 0.417. The van der Waals surface area contributed by atoms with Gasteiger partial charge in [-0.3, -0.25) is 9.59 Å². The van der Waals surface area contributed by atoms with E-state index in [1.165, 1.54) is 6.92 Å². The standard InChI is InChI=1S/C24H30N6O2/c1-15-18-9-6-7-10-19(18)26-22(15)24(32)30-12-8-11-20(30)23-25-17(14-29(5)16(2)31)13-21(27-23)28(3)4/h6-7,9-10,13,20,26H,8,11-12,14H2,1-5H3/t20-/m0/s1. The number of carbonyl (C=O) groups excluding carboxylic acids is 2. The van der Waals surface area contributed by atoms with Crippen LogP contribution in [0.15, 0.2) is 30.3 Å². The summed E-state index contributed by atoms with van der Waals surface area (Å²) in [6.45, 7) is 4.58. The summed E-state index contributed by atoms with van der Waals surface area (Å²) in [4.78, 5) is 43.6. The third kappa shape index (κ3) is 4.04. The number of rotatable bonds is 5. The molecule has 2 amide bonds. The second kappa shape index (κ2) is 8.61. The molecule has 0 unspecified atom stereocenters. The molecule has 0 bridgehead atoms. The first-order chi connectivity index (χ1) is 15.3. The van der Waals surface area contributed by atoms with E-state index in [1.54, 1.807) is 11.9 Å². The number of aryl methyl sites for hydroxylation is 1. The molecule has 1 saturated heterocycles. The van der Waals surface area contributed by atoms with Crippen LogP contribution in [0.1, 0.15) is 53.4 Å². The lowest BCUT2D eigenvalue weighted by molar-refractivity contribution is -0.128. The third-order valence-corrected chi connectivity index (χ3v) is 6.17. The van der Waals surface area contributed by atoms with E-state index in [-0.39, 0.29) is 17.9 Å². The zero-order chi connectivity index (χ0) is 23.0. The van der Waals surface area contributed by atoms with Gasteiger partial charge in [-0.2, -0.15) is 0 Å². The summed E-state index contributed by atoms with van der Waals surface area (Å²) in [5.74, 6) is 1.34. The maximum Gasteiger partial charge on any atom is 0.271 e. The number of benzene rings is 1. The lowest BCUT2D eigenvalue weighted by Crippen LogP contribution is -2.33. The van der Waals surface area contributed by atoms with Gasteiger partial charge in [0.1, 0.15) is 11.5 Å². The van der Waals surface area contributed by atoms with E-state index in [2.05, 4.69) is 4.98 Å². The largest absolute Gasteiger partial charge is 0.363 e. The van der Waals surface area contributed by atoms with Crippen LogP contribution in [0.5, 0.6) is 0 Å². The zero-order valence-corrected chi connectivity index (χ0v) is 19.3. The Morgan fingerprint density at radius 2 is 1.94 bits per heavy atom. The molecule has 0 radical (unpaired) electrons. The Labute approximate surface area is 188 Å². The molecule has 168 valence electrons. The Morgan fingerprint density at radius 3 is 2.62 bits per heavy atom. The van der Waals surface area contributed by atoms with Crippen LogP contribution in [0.4, 0.5) is 5.82 Å². The van der Waals surface area contributed by atoms with Crippen LogP contribution in [0.2, 0.25) is 0 Å². The number of anilines is 1. The Bertz CT molecular complexity index is 1170. The van der Waals surface area contributed by atoms with Crippen LogP contribution in [0.25, 0.3) is 10.9 Å². The molecule has 1 aliphatic heterocycles. The topological polar surface area (TPSA) is 85.4 Å². The van der Waals surface area contributed by atoms with Gasteiger partial charge in [0.25, 0.3) is 5.91 Å². The summed E-state index contributed by atoms with van der Waals surface area (Å²) in [5, 5.41) is 1.06. The number of hydrogen-bond acceptors (Lipinski definition) is 5. The molecule has 3 heterocycles. The van der Waals surface area contributed by atoms with Crippen LogP contribution in [0.3, 0.4) is 0 Å². The number of H-pyrrole nitrogens is 1. The van der Waals surface area contributed by atoms with Crippen molar-refractivity contribution in [3.05, 3.63) is 53.1 Å². The number of aromatic amines is 1. The van der Waals surface area contributed by atoms with E-state index >= 15 is 0 Å². The van der Waals surface area contributed by atoms with Crippen molar-refractivity contribution in [2.24, 2.45) is 0 Å². The highest BCUT2D eigenvalue weighted by Crippen LogP contribution is 2.33. The molecule has 1 atom stereocenters. The summed E-state index contributed by atoms with van der Waals surface area (Å²) in [6, 6.07) is 9.66. The van der Waals surface area contributed by atoms with Gasteiger partial charge in [-0.1, -0.05) is 18.2 Å². The minimum absolute atomic E-state index is 0.0245. The fourth-order valence-electron chi connectivity index (χ4n) is 4.23. The normalized spacial score (nSPS) is 15.9. The highest BCUT2D eigenvalue weighted by Gasteiger charge is 2.34. The number of carbonyl (C=O) groups is 2. The molecule has 0 spiro atoms. The molecule has 1 N–H and O–H groups in total. The summed E-state index contributed by atoms with van der Waals surface area (Å²) in [5.41, 5.74) is 3.31. The second-order valence-corrected chi connectivity index (χ2v) is 8.67. The minimum Gasteiger partial charge on any atom is -0.363 e. The third-order valence-electron chi connectivity index (χ3n) is 6.17. The highest BCUT2D eigenvalue weighted by molar-refractivity contribution is 6.01. The molecular weight excluding hydrogens is 404 g/mol. The quantitative estimate of drug-likeness (QED) is 0.666. The number of nitrogens with one attached hydrogen (secondary N) is 1. The van der Waals surface area contributed by atoms with Gasteiger partial charge < -0.3 is 19.7 Å². The van der Waals surface area contributed by atoms with E-state index in [0.717, 1.165) is 40.8 Å². The van der Waals surface area contributed by atoms with Crippen LogP contribution in [0, 0.1) is 6.92 Å². The zero-order valence-electron chi connectivity index (χ0n) is 19.3. The molecule has 2 aromatic heterocycles. The van der Waals surface area contributed by atoms with Gasteiger partial charge in [-0.05, 0) is 31.4 Å². The number of amides is 2. The van der Waals surface area contributed by atoms with Crippen LogP contribution < -0.4 is 4.90 Å². The van der Waals surface area contributed by atoms with Crippen LogP contribution in [-0.2, 0) is 11.3 Å². The van der Waals surface area contributed by atoms with Gasteiger partial charge in [0, 0.05) is 51.6 Å². The molecule has 0 aliphatic carbocycles. The SMILES string of the molecule is CC(=O)N(C)Cc1cc(N(C)C)nc([C@@H]2CCCN2C(=O)c2[nH]c3ccccc3c2C)n1. The maximum absolute atomic E-state index is 13.6. The highest BCUT2D eigenvalue weighted by atomic mass is 16.2. The molecular formula is C24H30N6O2. The summed E-state index contributed by atoms with van der Waals surface area (Å²) < 4.78 is 0. The smallest absolute Gasteiger partial charge is 0.271 e. The Balaban J connectivity index is 1.69. The lowest BCUT2D eigenvalue weighted by Gasteiger charge is -2.25. The fourth-order valence-corrected chi connectivity index (χ4v) is 4.23. The lowest BCUT2D eigenvalue weighted by atomic mass is 10.1. The minimum atomic E-state index is -0.199. The van der Waals surface area contributed by atoms with Crippen molar-refractivity contribution < 1.29 is 9.59 Å². The van der Waals surface area contributed by atoms with Crippen molar-refractivity contribution in [1.29, 1.82) is 0 Å². The van der Waals surface area contributed by atoms with Crippen LogP contribution >= 0.6 is 0 Å². The van der Waals surface area contributed by atoms with E-state index in [0.29, 0.717) is 24.6 Å². The van der Waals surface area contributed by atoms with E-state index in [9.17, 15) is 9.59 Å². The molecule has 1 aliphatic rings. The molecule has 1 fully saturated rings. The number of para-hydroxylation sites is 1.